The molecule has 1 aliphatic heterocycles. The number of nitrogens with one attached hydrogen (secondary N) is 1. The number of ether oxygens (including phenoxy) is 1. The second kappa shape index (κ2) is 10.9. The van der Waals surface area contributed by atoms with Gasteiger partial charge in [0, 0.05) is 24.1 Å². The lowest BCUT2D eigenvalue weighted by atomic mass is 10.1. The Balaban J connectivity index is 0.000000191. The summed E-state index contributed by atoms with van der Waals surface area (Å²) in [5.74, 6) is 0.00502. The fourth-order valence-electron chi connectivity index (χ4n) is 2.74. The average Bonchev–Trinajstić information content (AvgIpc) is 3.12. The van der Waals surface area contributed by atoms with E-state index in [1.54, 1.807) is 4.68 Å². The van der Waals surface area contributed by atoms with Gasteiger partial charge < -0.3 is 10.1 Å². The van der Waals surface area contributed by atoms with Gasteiger partial charge in [-0.25, -0.2) is 4.68 Å². The summed E-state index contributed by atoms with van der Waals surface area (Å²) in [5, 5.41) is 23.1. The number of rotatable bonds is 4. The van der Waals surface area contributed by atoms with Crippen molar-refractivity contribution in [1.29, 1.82) is 5.26 Å². The first-order valence-corrected chi connectivity index (χ1v) is 10.8. The van der Waals surface area contributed by atoms with Gasteiger partial charge in [-0.2, -0.15) is 16.6 Å². The predicted molar refractivity (Wildman–Crippen MR) is 109 cm³/mol. The van der Waals surface area contributed by atoms with Gasteiger partial charge in [-0.05, 0) is 50.5 Å². The number of hydrogen-bond acceptors (Lipinski definition) is 6. The summed E-state index contributed by atoms with van der Waals surface area (Å²) in [4.78, 5) is 11.6. The van der Waals surface area contributed by atoms with E-state index in [1.807, 2.05) is 43.8 Å². The Morgan fingerprint density at radius 3 is 2.75 bits per heavy atom. The number of carbonyl (C=O) groups excluding carboxylic acids is 1. The molecule has 1 atom stereocenters. The number of thiophene rings is 1. The molecule has 28 heavy (non-hydrogen) atoms. The molecule has 1 N–H and O–H groups in total. The summed E-state index contributed by atoms with van der Waals surface area (Å²) < 4.78 is 7.20. The standard InChI is InChI=1S/C11H15NO2S.C7H8N4.C2H6/c13-11(9-4-6-15-8-9)12-7-10-3-1-2-5-14-10;1-6-4-11(10-9-6)7(5-8)2-3-7;1-2/h4,6,8,10H,1-3,5,7H2,(H,12,13);4H,2-3H2,1H3;1-2H3. The van der Waals surface area contributed by atoms with E-state index in [9.17, 15) is 4.79 Å². The molecule has 3 heterocycles. The van der Waals surface area contributed by atoms with Gasteiger partial charge in [0.15, 0.2) is 5.54 Å². The summed E-state index contributed by atoms with van der Waals surface area (Å²) in [5.41, 5.74) is 1.27. The van der Waals surface area contributed by atoms with Crippen molar-refractivity contribution < 1.29 is 9.53 Å². The van der Waals surface area contributed by atoms with E-state index in [4.69, 9.17) is 10.00 Å². The van der Waals surface area contributed by atoms with Crippen molar-refractivity contribution in [2.45, 2.75) is 64.5 Å². The van der Waals surface area contributed by atoms with Crippen molar-refractivity contribution in [3.8, 4) is 6.07 Å². The average molecular weight is 404 g/mol. The van der Waals surface area contributed by atoms with E-state index in [0.29, 0.717) is 6.54 Å². The van der Waals surface area contributed by atoms with Crippen LogP contribution in [0.15, 0.2) is 23.0 Å². The zero-order valence-corrected chi connectivity index (χ0v) is 17.7. The number of aryl methyl sites for hydroxylation is 1. The maximum Gasteiger partial charge on any atom is 0.252 e. The van der Waals surface area contributed by atoms with Crippen LogP contribution in [0.5, 0.6) is 0 Å². The maximum atomic E-state index is 11.6. The molecule has 4 rings (SSSR count). The molecule has 1 aliphatic carbocycles. The highest BCUT2D eigenvalue weighted by Gasteiger charge is 2.46. The molecule has 1 amide bonds. The Morgan fingerprint density at radius 2 is 2.25 bits per heavy atom. The van der Waals surface area contributed by atoms with E-state index in [0.717, 1.165) is 43.5 Å². The molecule has 2 aromatic heterocycles. The lowest BCUT2D eigenvalue weighted by Gasteiger charge is -2.22. The van der Waals surface area contributed by atoms with Crippen LogP contribution in [-0.2, 0) is 10.3 Å². The van der Waals surface area contributed by atoms with Crippen molar-refractivity contribution in [3.63, 3.8) is 0 Å². The molecule has 0 aromatic carbocycles. The SMILES string of the molecule is CC.Cc1cn(C2(C#N)CC2)nn1.O=C(NCC1CCCCO1)c1ccsc1. The predicted octanol–water partition coefficient (Wildman–Crippen LogP) is 3.67. The van der Waals surface area contributed by atoms with Gasteiger partial charge in [-0.1, -0.05) is 19.1 Å². The molecule has 1 saturated heterocycles. The van der Waals surface area contributed by atoms with Crippen molar-refractivity contribution in [2.24, 2.45) is 0 Å². The smallest absolute Gasteiger partial charge is 0.252 e. The van der Waals surface area contributed by atoms with E-state index in [2.05, 4.69) is 21.7 Å². The Labute approximate surface area is 170 Å². The van der Waals surface area contributed by atoms with Gasteiger partial charge >= 0.3 is 0 Å². The van der Waals surface area contributed by atoms with Gasteiger partial charge in [-0.15, -0.1) is 5.10 Å². The quantitative estimate of drug-likeness (QED) is 0.841. The van der Waals surface area contributed by atoms with Crippen LogP contribution in [0.3, 0.4) is 0 Å². The van der Waals surface area contributed by atoms with E-state index < -0.39 is 0 Å². The number of amides is 1. The molecule has 2 aromatic rings. The molecule has 0 bridgehead atoms. The molecule has 2 aliphatic rings. The third-order valence-electron chi connectivity index (χ3n) is 4.53. The Hall–Kier alpha value is -2.24. The molecular formula is C20H29N5O2S. The summed E-state index contributed by atoms with van der Waals surface area (Å²) in [6.45, 7) is 7.34. The molecule has 1 unspecified atom stereocenters. The van der Waals surface area contributed by atoms with Crippen molar-refractivity contribution >= 4 is 17.2 Å². The third kappa shape index (κ3) is 6.14. The lowest BCUT2D eigenvalue weighted by molar-refractivity contribution is 0.0169. The molecule has 152 valence electrons. The molecule has 2 fully saturated rings. The highest BCUT2D eigenvalue weighted by Crippen LogP contribution is 2.41. The minimum atomic E-state index is -0.346. The monoisotopic (exact) mass is 403 g/mol. The summed E-state index contributed by atoms with van der Waals surface area (Å²) >= 11 is 1.54. The second-order valence-electron chi connectivity index (χ2n) is 6.66. The van der Waals surface area contributed by atoms with Crippen LogP contribution in [0.25, 0.3) is 0 Å². The number of aromatic nitrogens is 3. The first-order chi connectivity index (χ1) is 13.6. The number of nitriles is 1. The van der Waals surface area contributed by atoms with Gasteiger partial charge in [-0.3, -0.25) is 4.79 Å². The normalized spacial score (nSPS) is 19.1. The number of hydrogen-bond donors (Lipinski definition) is 1. The Morgan fingerprint density at radius 1 is 1.46 bits per heavy atom. The van der Waals surface area contributed by atoms with Crippen LogP contribution in [0.2, 0.25) is 0 Å². The van der Waals surface area contributed by atoms with Crippen molar-refractivity contribution in [2.75, 3.05) is 13.2 Å². The topological polar surface area (TPSA) is 92.8 Å². The van der Waals surface area contributed by atoms with Crippen LogP contribution in [0.1, 0.15) is 62.0 Å². The molecule has 7 nitrogen and oxygen atoms in total. The molecular weight excluding hydrogens is 374 g/mol. The van der Waals surface area contributed by atoms with Gasteiger partial charge in [0.25, 0.3) is 5.91 Å². The highest BCUT2D eigenvalue weighted by molar-refractivity contribution is 7.08. The van der Waals surface area contributed by atoms with Gasteiger partial charge in [0.1, 0.15) is 0 Å². The summed E-state index contributed by atoms with van der Waals surface area (Å²) in [7, 11) is 0. The van der Waals surface area contributed by atoms with Crippen LogP contribution in [0.4, 0.5) is 0 Å². The number of carbonyl (C=O) groups is 1. The Kier molecular flexibility index (Phi) is 8.61. The molecule has 0 radical (unpaired) electrons. The van der Waals surface area contributed by atoms with E-state index in [1.165, 1.54) is 17.8 Å². The van der Waals surface area contributed by atoms with E-state index in [-0.39, 0.29) is 17.6 Å². The van der Waals surface area contributed by atoms with Crippen LogP contribution >= 0.6 is 11.3 Å². The zero-order valence-electron chi connectivity index (χ0n) is 16.9. The summed E-state index contributed by atoms with van der Waals surface area (Å²) in [6.07, 6.45) is 7.26. The largest absolute Gasteiger partial charge is 0.376 e. The summed E-state index contributed by atoms with van der Waals surface area (Å²) in [6, 6.07) is 4.08. The number of nitrogens with zero attached hydrogens (tertiary/aromatic N) is 4. The molecule has 8 heteroatoms. The maximum absolute atomic E-state index is 11.6. The van der Waals surface area contributed by atoms with Gasteiger partial charge in [0.05, 0.1) is 24.1 Å². The van der Waals surface area contributed by atoms with Crippen LogP contribution < -0.4 is 5.32 Å². The highest BCUT2D eigenvalue weighted by atomic mass is 32.1. The van der Waals surface area contributed by atoms with Crippen LogP contribution in [-0.4, -0.2) is 40.2 Å². The molecule has 1 saturated carbocycles. The first-order valence-electron chi connectivity index (χ1n) is 9.86. The zero-order chi connectivity index (χ0) is 20.4. The first kappa shape index (κ1) is 22.1. The fraction of sp³-hybridized carbons (Fsp3) is 0.600. The van der Waals surface area contributed by atoms with Crippen molar-refractivity contribution in [3.05, 3.63) is 34.3 Å². The van der Waals surface area contributed by atoms with Crippen LogP contribution in [0, 0.1) is 18.3 Å². The second-order valence-corrected chi connectivity index (χ2v) is 7.44. The van der Waals surface area contributed by atoms with Gasteiger partial charge in [0.2, 0.25) is 0 Å². The third-order valence-corrected chi connectivity index (χ3v) is 5.21. The minimum absolute atomic E-state index is 0.00502. The fourth-order valence-corrected chi connectivity index (χ4v) is 3.37. The lowest BCUT2D eigenvalue weighted by Crippen LogP contribution is -2.35. The minimum Gasteiger partial charge on any atom is -0.376 e. The molecule has 0 spiro atoms. The van der Waals surface area contributed by atoms with E-state index >= 15 is 0 Å². The van der Waals surface area contributed by atoms with Crippen molar-refractivity contribution in [1.82, 2.24) is 20.3 Å². The Bertz CT molecular complexity index is 756.